The van der Waals surface area contributed by atoms with Crippen LogP contribution in [0.25, 0.3) is 0 Å². The molecule has 1 aromatic heterocycles. The largest absolute Gasteiger partial charge is 0.497 e. The molecule has 1 aliphatic rings. The van der Waals surface area contributed by atoms with Crippen LogP contribution in [0.2, 0.25) is 0 Å². The van der Waals surface area contributed by atoms with Gasteiger partial charge >= 0.3 is 0 Å². The molecule has 5 nitrogen and oxygen atoms in total. The van der Waals surface area contributed by atoms with E-state index in [2.05, 4.69) is 14.9 Å². The van der Waals surface area contributed by atoms with Crippen LogP contribution >= 0.6 is 0 Å². The van der Waals surface area contributed by atoms with Gasteiger partial charge in [0.15, 0.2) is 0 Å². The number of methoxy groups -OCH3 is 1. The maximum Gasteiger partial charge on any atom is 0.131 e. The van der Waals surface area contributed by atoms with Crippen molar-refractivity contribution in [2.45, 2.75) is 12.6 Å². The molecule has 3 rings (SSSR count). The first-order valence-electron chi connectivity index (χ1n) is 7.18. The van der Waals surface area contributed by atoms with E-state index >= 15 is 0 Å². The Morgan fingerprint density at radius 3 is 3.05 bits per heavy atom. The first kappa shape index (κ1) is 14.9. The fourth-order valence-electron chi connectivity index (χ4n) is 2.53. The van der Waals surface area contributed by atoms with Gasteiger partial charge in [-0.3, -0.25) is 14.9 Å². The van der Waals surface area contributed by atoms with Crippen LogP contribution in [0.15, 0.2) is 36.8 Å². The van der Waals surface area contributed by atoms with Gasteiger partial charge in [0.05, 0.1) is 25.6 Å². The number of halogens is 1. The van der Waals surface area contributed by atoms with Gasteiger partial charge in [-0.15, -0.1) is 0 Å². The standard InChI is InChI=1S/C16H18FN3O2/c1-21-13-3-2-12(14(17)8-13)10-20-6-7-22-16(11-20)15-9-18-4-5-19-15/h2-5,8-9,16H,6-7,10-11H2,1H3/t16-/m1/s1. The van der Waals surface area contributed by atoms with E-state index in [0.717, 1.165) is 12.2 Å². The molecule has 1 aromatic carbocycles. The third kappa shape index (κ3) is 3.40. The van der Waals surface area contributed by atoms with Crippen LogP contribution in [0.1, 0.15) is 17.4 Å². The first-order chi connectivity index (χ1) is 10.8. The van der Waals surface area contributed by atoms with Gasteiger partial charge in [-0.1, -0.05) is 6.07 Å². The SMILES string of the molecule is COc1ccc(CN2CCO[C@@H](c3cnccn3)C2)c(F)c1. The van der Waals surface area contributed by atoms with Gasteiger partial charge in [-0.05, 0) is 6.07 Å². The summed E-state index contributed by atoms with van der Waals surface area (Å²) in [7, 11) is 1.53. The Kier molecular flexibility index (Phi) is 4.60. The lowest BCUT2D eigenvalue weighted by Gasteiger charge is -2.32. The van der Waals surface area contributed by atoms with Gasteiger partial charge in [-0.25, -0.2) is 4.39 Å². The highest BCUT2D eigenvalue weighted by molar-refractivity contribution is 5.28. The smallest absolute Gasteiger partial charge is 0.131 e. The second-order valence-corrected chi connectivity index (χ2v) is 5.18. The maximum absolute atomic E-state index is 14.1. The third-order valence-electron chi connectivity index (χ3n) is 3.72. The summed E-state index contributed by atoms with van der Waals surface area (Å²) < 4.78 is 24.8. The normalized spacial score (nSPS) is 19.1. The lowest BCUT2D eigenvalue weighted by molar-refractivity contribution is -0.0354. The minimum atomic E-state index is -0.248. The van der Waals surface area contributed by atoms with Gasteiger partial charge in [0.2, 0.25) is 0 Å². The molecule has 0 saturated carbocycles. The van der Waals surface area contributed by atoms with E-state index in [1.54, 1.807) is 30.7 Å². The molecule has 1 fully saturated rings. The van der Waals surface area contributed by atoms with Crippen LogP contribution in [-0.2, 0) is 11.3 Å². The molecule has 22 heavy (non-hydrogen) atoms. The summed E-state index contributed by atoms with van der Waals surface area (Å²) >= 11 is 0. The molecule has 0 aliphatic carbocycles. The quantitative estimate of drug-likeness (QED) is 0.866. The highest BCUT2D eigenvalue weighted by Gasteiger charge is 2.23. The van der Waals surface area contributed by atoms with Crippen molar-refractivity contribution in [2.24, 2.45) is 0 Å². The van der Waals surface area contributed by atoms with Crippen molar-refractivity contribution >= 4 is 0 Å². The molecule has 0 radical (unpaired) electrons. The molecular weight excluding hydrogens is 285 g/mol. The van der Waals surface area contributed by atoms with Gasteiger partial charge in [0.1, 0.15) is 17.7 Å². The monoisotopic (exact) mass is 303 g/mol. The van der Waals surface area contributed by atoms with Gasteiger partial charge in [-0.2, -0.15) is 0 Å². The average molecular weight is 303 g/mol. The molecule has 2 heterocycles. The van der Waals surface area contributed by atoms with Crippen molar-refractivity contribution in [3.05, 3.63) is 53.9 Å². The summed E-state index contributed by atoms with van der Waals surface area (Å²) in [6.07, 6.45) is 4.88. The van der Waals surface area contributed by atoms with Crippen LogP contribution in [0, 0.1) is 5.82 Å². The maximum atomic E-state index is 14.1. The molecule has 0 bridgehead atoms. The van der Waals surface area contributed by atoms with E-state index in [0.29, 0.717) is 31.0 Å². The summed E-state index contributed by atoms with van der Waals surface area (Å²) in [5, 5.41) is 0. The van der Waals surface area contributed by atoms with Crippen molar-refractivity contribution in [1.29, 1.82) is 0 Å². The number of hydrogen-bond donors (Lipinski definition) is 0. The van der Waals surface area contributed by atoms with E-state index in [-0.39, 0.29) is 11.9 Å². The molecule has 1 atom stereocenters. The summed E-state index contributed by atoms with van der Waals surface area (Å²) in [6, 6.07) is 4.95. The number of rotatable bonds is 4. The summed E-state index contributed by atoms with van der Waals surface area (Å²) in [5.74, 6) is 0.280. The van der Waals surface area contributed by atoms with Crippen LogP contribution in [0.3, 0.4) is 0 Å². The van der Waals surface area contributed by atoms with E-state index in [1.807, 2.05) is 0 Å². The van der Waals surface area contributed by atoms with E-state index < -0.39 is 0 Å². The molecule has 0 spiro atoms. The van der Waals surface area contributed by atoms with Gasteiger partial charge in [0, 0.05) is 43.7 Å². The molecule has 2 aromatic rings. The van der Waals surface area contributed by atoms with E-state index in [1.165, 1.54) is 13.2 Å². The molecule has 1 saturated heterocycles. The summed E-state index contributed by atoms with van der Waals surface area (Å²) in [4.78, 5) is 10.5. The van der Waals surface area contributed by atoms with Crippen LogP contribution in [0.5, 0.6) is 5.75 Å². The van der Waals surface area contributed by atoms with Crippen LogP contribution in [0.4, 0.5) is 4.39 Å². The van der Waals surface area contributed by atoms with Gasteiger partial charge < -0.3 is 9.47 Å². The topological polar surface area (TPSA) is 47.5 Å². The second kappa shape index (κ2) is 6.81. The fraction of sp³-hybridized carbons (Fsp3) is 0.375. The number of aromatic nitrogens is 2. The molecule has 0 amide bonds. The Morgan fingerprint density at radius 1 is 1.41 bits per heavy atom. The molecular formula is C16H18FN3O2. The predicted molar refractivity (Wildman–Crippen MR) is 79.0 cm³/mol. The zero-order valence-electron chi connectivity index (χ0n) is 12.4. The highest BCUT2D eigenvalue weighted by atomic mass is 19.1. The third-order valence-corrected chi connectivity index (χ3v) is 3.72. The lowest BCUT2D eigenvalue weighted by Crippen LogP contribution is -2.38. The molecule has 0 N–H and O–H groups in total. The van der Waals surface area contributed by atoms with Crippen molar-refractivity contribution in [3.63, 3.8) is 0 Å². The Balaban J connectivity index is 1.68. The summed E-state index contributed by atoms with van der Waals surface area (Å²) in [6.45, 7) is 2.57. The van der Waals surface area contributed by atoms with Crippen LogP contribution < -0.4 is 4.74 Å². The number of hydrogen-bond acceptors (Lipinski definition) is 5. The van der Waals surface area contributed by atoms with Crippen molar-refractivity contribution < 1.29 is 13.9 Å². The Hall–Kier alpha value is -2.05. The highest BCUT2D eigenvalue weighted by Crippen LogP contribution is 2.23. The van der Waals surface area contributed by atoms with Crippen molar-refractivity contribution in [2.75, 3.05) is 26.8 Å². The Morgan fingerprint density at radius 2 is 2.32 bits per heavy atom. The van der Waals surface area contributed by atoms with E-state index in [9.17, 15) is 4.39 Å². The number of benzene rings is 1. The fourth-order valence-corrected chi connectivity index (χ4v) is 2.53. The number of nitrogens with zero attached hydrogens (tertiary/aromatic N) is 3. The Bertz CT molecular complexity index is 624. The van der Waals surface area contributed by atoms with Crippen LogP contribution in [-0.4, -0.2) is 41.7 Å². The summed E-state index contributed by atoms with van der Waals surface area (Å²) in [5.41, 5.74) is 1.46. The lowest BCUT2D eigenvalue weighted by atomic mass is 10.1. The van der Waals surface area contributed by atoms with E-state index in [4.69, 9.17) is 9.47 Å². The average Bonchev–Trinajstić information content (AvgIpc) is 2.58. The molecule has 0 unspecified atom stereocenters. The predicted octanol–water partition coefficient (Wildman–Crippen LogP) is 2.20. The van der Waals surface area contributed by atoms with Crippen molar-refractivity contribution in [1.82, 2.24) is 14.9 Å². The van der Waals surface area contributed by atoms with Crippen molar-refractivity contribution in [3.8, 4) is 5.75 Å². The molecule has 1 aliphatic heterocycles. The second-order valence-electron chi connectivity index (χ2n) is 5.18. The number of morpholine rings is 1. The molecule has 116 valence electrons. The molecule has 6 heteroatoms. The van der Waals surface area contributed by atoms with Gasteiger partial charge in [0.25, 0.3) is 0 Å². The Labute approximate surface area is 128 Å². The minimum Gasteiger partial charge on any atom is -0.497 e. The minimum absolute atomic E-state index is 0.122. The zero-order valence-corrected chi connectivity index (χ0v) is 12.4. The number of ether oxygens (including phenoxy) is 2. The zero-order chi connectivity index (χ0) is 15.4. The first-order valence-corrected chi connectivity index (χ1v) is 7.18.